The predicted molar refractivity (Wildman–Crippen MR) is 63.8 cm³/mol. The predicted octanol–water partition coefficient (Wildman–Crippen LogP) is 2.32. The van der Waals surface area contributed by atoms with Crippen molar-refractivity contribution in [1.82, 2.24) is 4.98 Å². The second-order valence-corrected chi connectivity index (χ2v) is 4.13. The van der Waals surface area contributed by atoms with E-state index in [-0.39, 0.29) is 17.7 Å². The summed E-state index contributed by atoms with van der Waals surface area (Å²) in [5, 5.41) is 3.50. The van der Waals surface area contributed by atoms with Crippen molar-refractivity contribution >= 4 is 16.9 Å². The number of aromatic nitrogens is 1. The monoisotopic (exact) mass is 218 g/mol. The first-order valence-electron chi connectivity index (χ1n) is 5.24. The van der Waals surface area contributed by atoms with E-state index in [1.165, 1.54) is 0 Å². The molecule has 0 fully saturated rings. The Morgan fingerprint density at radius 2 is 2.12 bits per heavy atom. The summed E-state index contributed by atoms with van der Waals surface area (Å²) in [6.07, 6.45) is 0. The van der Waals surface area contributed by atoms with Crippen molar-refractivity contribution in [3.05, 3.63) is 34.2 Å². The van der Waals surface area contributed by atoms with Gasteiger partial charge in [0.05, 0.1) is 10.9 Å². The van der Waals surface area contributed by atoms with Gasteiger partial charge in [0.25, 0.3) is 6.01 Å². The third-order valence-electron chi connectivity index (χ3n) is 2.20. The van der Waals surface area contributed by atoms with Crippen LogP contribution in [0.4, 0.5) is 6.01 Å². The SMILES string of the molecule is Cc1ccc2nc(NC(C)C)oc(=O)c2c1. The zero-order valence-corrected chi connectivity index (χ0v) is 9.57. The number of anilines is 1. The van der Waals surface area contributed by atoms with E-state index < -0.39 is 0 Å². The second kappa shape index (κ2) is 3.96. The first kappa shape index (κ1) is 10.7. The molecule has 84 valence electrons. The Kier molecular flexibility index (Phi) is 2.64. The maximum atomic E-state index is 11.7. The Morgan fingerprint density at radius 1 is 1.38 bits per heavy atom. The fraction of sp³-hybridized carbons (Fsp3) is 0.333. The van der Waals surface area contributed by atoms with Gasteiger partial charge in [0.2, 0.25) is 0 Å². The van der Waals surface area contributed by atoms with Gasteiger partial charge in [-0.2, -0.15) is 4.98 Å². The molecular formula is C12H14N2O2. The van der Waals surface area contributed by atoms with Crippen LogP contribution in [0.15, 0.2) is 27.4 Å². The minimum absolute atomic E-state index is 0.179. The molecule has 0 radical (unpaired) electrons. The van der Waals surface area contributed by atoms with Crippen molar-refractivity contribution in [2.45, 2.75) is 26.8 Å². The molecule has 2 aromatic rings. The number of aryl methyl sites for hydroxylation is 1. The van der Waals surface area contributed by atoms with Gasteiger partial charge in [-0.25, -0.2) is 4.79 Å². The summed E-state index contributed by atoms with van der Waals surface area (Å²) in [7, 11) is 0. The minimum Gasteiger partial charge on any atom is -0.389 e. The molecule has 0 aliphatic heterocycles. The lowest BCUT2D eigenvalue weighted by molar-refractivity contribution is 0.511. The van der Waals surface area contributed by atoms with Crippen molar-refractivity contribution in [2.24, 2.45) is 0 Å². The molecule has 0 saturated heterocycles. The molecule has 0 bridgehead atoms. The van der Waals surface area contributed by atoms with E-state index in [1.807, 2.05) is 32.9 Å². The van der Waals surface area contributed by atoms with Crippen LogP contribution >= 0.6 is 0 Å². The normalized spacial score (nSPS) is 11.0. The summed E-state index contributed by atoms with van der Waals surface area (Å²) in [4.78, 5) is 15.9. The van der Waals surface area contributed by atoms with E-state index in [4.69, 9.17) is 4.42 Å². The number of nitrogens with one attached hydrogen (secondary N) is 1. The first-order chi connectivity index (χ1) is 7.56. The molecular weight excluding hydrogens is 204 g/mol. The highest BCUT2D eigenvalue weighted by atomic mass is 16.4. The smallest absolute Gasteiger partial charge is 0.348 e. The van der Waals surface area contributed by atoms with E-state index in [0.717, 1.165) is 5.56 Å². The quantitative estimate of drug-likeness (QED) is 0.840. The van der Waals surface area contributed by atoms with Gasteiger partial charge in [-0.05, 0) is 32.9 Å². The second-order valence-electron chi connectivity index (χ2n) is 4.13. The highest BCUT2D eigenvalue weighted by Gasteiger charge is 2.06. The van der Waals surface area contributed by atoms with Crippen molar-refractivity contribution in [1.29, 1.82) is 0 Å². The van der Waals surface area contributed by atoms with Gasteiger partial charge in [0.1, 0.15) is 0 Å². The van der Waals surface area contributed by atoms with Gasteiger partial charge in [-0.1, -0.05) is 11.6 Å². The maximum absolute atomic E-state index is 11.7. The molecule has 1 aromatic heterocycles. The number of nitrogens with zero attached hydrogens (tertiary/aromatic N) is 1. The summed E-state index contributed by atoms with van der Waals surface area (Å²) in [5.74, 6) is 0. The summed E-state index contributed by atoms with van der Waals surface area (Å²) < 4.78 is 5.08. The summed E-state index contributed by atoms with van der Waals surface area (Å²) in [6.45, 7) is 5.85. The third-order valence-corrected chi connectivity index (χ3v) is 2.20. The van der Waals surface area contributed by atoms with Crippen molar-refractivity contribution in [2.75, 3.05) is 5.32 Å². The van der Waals surface area contributed by atoms with E-state index in [0.29, 0.717) is 10.9 Å². The molecule has 0 aliphatic carbocycles. The van der Waals surface area contributed by atoms with Crippen LogP contribution in [0.3, 0.4) is 0 Å². The van der Waals surface area contributed by atoms with Crippen molar-refractivity contribution < 1.29 is 4.42 Å². The van der Waals surface area contributed by atoms with Crippen LogP contribution in [0, 0.1) is 6.92 Å². The molecule has 0 atom stereocenters. The molecule has 0 amide bonds. The van der Waals surface area contributed by atoms with Crippen LogP contribution in [-0.2, 0) is 0 Å². The Bertz CT molecular complexity index is 573. The molecule has 4 nitrogen and oxygen atoms in total. The molecule has 1 heterocycles. The molecule has 1 N–H and O–H groups in total. The fourth-order valence-corrected chi connectivity index (χ4v) is 1.49. The van der Waals surface area contributed by atoms with Crippen molar-refractivity contribution in [3.8, 4) is 0 Å². The number of rotatable bonds is 2. The van der Waals surface area contributed by atoms with Crippen LogP contribution in [0.2, 0.25) is 0 Å². The van der Waals surface area contributed by atoms with E-state index in [9.17, 15) is 4.79 Å². The average molecular weight is 218 g/mol. The Morgan fingerprint density at radius 3 is 2.81 bits per heavy atom. The van der Waals surface area contributed by atoms with Crippen LogP contribution in [0.25, 0.3) is 10.9 Å². The van der Waals surface area contributed by atoms with Crippen LogP contribution in [0.1, 0.15) is 19.4 Å². The average Bonchev–Trinajstić information content (AvgIpc) is 2.18. The van der Waals surface area contributed by atoms with Gasteiger partial charge < -0.3 is 9.73 Å². The maximum Gasteiger partial charge on any atom is 0.348 e. The minimum atomic E-state index is -0.350. The molecule has 0 saturated carbocycles. The Labute approximate surface area is 93.3 Å². The van der Waals surface area contributed by atoms with Gasteiger partial charge in [-0.15, -0.1) is 0 Å². The number of hydrogen-bond donors (Lipinski definition) is 1. The van der Waals surface area contributed by atoms with Crippen molar-refractivity contribution in [3.63, 3.8) is 0 Å². The van der Waals surface area contributed by atoms with Crippen LogP contribution < -0.4 is 10.9 Å². The Hall–Kier alpha value is -1.84. The van der Waals surface area contributed by atoms with Crippen LogP contribution in [0.5, 0.6) is 0 Å². The summed E-state index contributed by atoms with van der Waals surface area (Å²) in [6, 6.07) is 5.99. The molecule has 16 heavy (non-hydrogen) atoms. The summed E-state index contributed by atoms with van der Waals surface area (Å²) >= 11 is 0. The fourth-order valence-electron chi connectivity index (χ4n) is 1.49. The standard InChI is InChI=1S/C12H14N2O2/c1-7(2)13-12-14-10-5-4-8(3)6-9(10)11(15)16-12/h4-7H,1-3H3,(H,13,14). The molecule has 0 spiro atoms. The Balaban J connectivity index is 2.59. The van der Waals surface area contributed by atoms with Gasteiger partial charge in [-0.3, -0.25) is 0 Å². The number of fused-ring (bicyclic) bond motifs is 1. The van der Waals surface area contributed by atoms with E-state index >= 15 is 0 Å². The number of benzene rings is 1. The highest BCUT2D eigenvalue weighted by molar-refractivity contribution is 5.78. The highest BCUT2D eigenvalue weighted by Crippen LogP contribution is 2.13. The lowest BCUT2D eigenvalue weighted by atomic mass is 10.2. The van der Waals surface area contributed by atoms with E-state index in [2.05, 4.69) is 10.3 Å². The largest absolute Gasteiger partial charge is 0.389 e. The third kappa shape index (κ3) is 2.05. The number of hydrogen-bond acceptors (Lipinski definition) is 4. The molecule has 0 aliphatic rings. The topological polar surface area (TPSA) is 55.1 Å². The molecule has 2 rings (SSSR count). The van der Waals surface area contributed by atoms with Gasteiger partial charge >= 0.3 is 5.63 Å². The van der Waals surface area contributed by atoms with Crippen LogP contribution in [-0.4, -0.2) is 11.0 Å². The zero-order valence-electron chi connectivity index (χ0n) is 9.57. The lowest BCUT2D eigenvalue weighted by Crippen LogP contribution is -2.14. The molecule has 0 unspecified atom stereocenters. The van der Waals surface area contributed by atoms with Gasteiger partial charge in [0, 0.05) is 6.04 Å². The molecule has 1 aromatic carbocycles. The first-order valence-corrected chi connectivity index (χ1v) is 5.24. The van der Waals surface area contributed by atoms with E-state index in [1.54, 1.807) is 6.07 Å². The lowest BCUT2D eigenvalue weighted by Gasteiger charge is -2.07. The summed E-state index contributed by atoms with van der Waals surface area (Å²) in [5.41, 5.74) is 1.33. The zero-order chi connectivity index (χ0) is 11.7. The molecule has 4 heteroatoms. The van der Waals surface area contributed by atoms with Gasteiger partial charge in [0.15, 0.2) is 0 Å².